The van der Waals surface area contributed by atoms with Gasteiger partial charge in [-0.1, -0.05) is 46.5 Å². The second-order valence-corrected chi connectivity index (χ2v) is 7.33. The maximum Gasteiger partial charge on any atom is 0.220 e. The number of aliphatic hydroxyl groups is 1. The lowest BCUT2D eigenvalue weighted by molar-refractivity contribution is -0.123. The number of carbonyl (C=O) groups excluding carboxylic acids is 1. The van der Waals surface area contributed by atoms with Gasteiger partial charge in [0.15, 0.2) is 0 Å². The zero-order valence-electron chi connectivity index (χ0n) is 13.6. The van der Waals surface area contributed by atoms with Crippen LogP contribution in [0.1, 0.15) is 85.0 Å². The van der Waals surface area contributed by atoms with Crippen molar-refractivity contribution < 1.29 is 9.90 Å². The molecule has 0 aromatic carbocycles. The minimum atomic E-state index is -0.673. The van der Waals surface area contributed by atoms with Gasteiger partial charge >= 0.3 is 0 Å². The van der Waals surface area contributed by atoms with E-state index in [2.05, 4.69) is 26.1 Å². The van der Waals surface area contributed by atoms with Crippen LogP contribution in [-0.4, -0.2) is 23.2 Å². The molecule has 0 saturated heterocycles. The number of unbranched alkanes of at least 4 members (excludes halogenated alkanes) is 4. The quantitative estimate of drug-likeness (QED) is 0.666. The highest BCUT2D eigenvalue weighted by Gasteiger charge is 2.36. The van der Waals surface area contributed by atoms with Crippen molar-refractivity contribution in [1.82, 2.24) is 5.32 Å². The van der Waals surface area contributed by atoms with E-state index in [1.807, 2.05) is 0 Å². The van der Waals surface area contributed by atoms with Crippen LogP contribution in [0.15, 0.2) is 0 Å². The summed E-state index contributed by atoms with van der Waals surface area (Å²) in [5.74, 6) is 0.0970. The summed E-state index contributed by atoms with van der Waals surface area (Å²) >= 11 is 0. The molecule has 3 heteroatoms. The van der Waals surface area contributed by atoms with E-state index in [0.29, 0.717) is 18.4 Å². The Balaban J connectivity index is 2.14. The van der Waals surface area contributed by atoms with Gasteiger partial charge in [-0.15, -0.1) is 0 Å². The van der Waals surface area contributed by atoms with E-state index in [1.165, 1.54) is 19.3 Å². The van der Waals surface area contributed by atoms with Crippen molar-refractivity contribution >= 4 is 5.91 Å². The van der Waals surface area contributed by atoms with Crippen LogP contribution in [0.5, 0.6) is 0 Å². The van der Waals surface area contributed by atoms with Crippen molar-refractivity contribution in [2.75, 3.05) is 6.54 Å². The maximum absolute atomic E-state index is 11.8. The molecule has 3 nitrogen and oxygen atoms in total. The van der Waals surface area contributed by atoms with Gasteiger partial charge in [0.1, 0.15) is 0 Å². The molecule has 118 valence electrons. The van der Waals surface area contributed by atoms with Gasteiger partial charge in [0, 0.05) is 13.0 Å². The number of hydrogen-bond donors (Lipinski definition) is 2. The summed E-state index contributed by atoms with van der Waals surface area (Å²) in [4.78, 5) is 11.8. The van der Waals surface area contributed by atoms with Crippen molar-refractivity contribution in [2.24, 2.45) is 5.41 Å². The summed E-state index contributed by atoms with van der Waals surface area (Å²) in [6, 6.07) is 0. The Morgan fingerprint density at radius 3 is 2.25 bits per heavy atom. The highest BCUT2D eigenvalue weighted by Crippen LogP contribution is 2.39. The topological polar surface area (TPSA) is 49.3 Å². The van der Waals surface area contributed by atoms with Crippen LogP contribution in [-0.2, 0) is 4.79 Å². The second-order valence-electron chi connectivity index (χ2n) is 7.33. The molecule has 2 N–H and O–H groups in total. The first-order valence-electron chi connectivity index (χ1n) is 8.36. The zero-order chi connectivity index (χ0) is 15.1. The van der Waals surface area contributed by atoms with Gasteiger partial charge < -0.3 is 10.4 Å². The van der Waals surface area contributed by atoms with E-state index < -0.39 is 5.60 Å². The standard InChI is InChI=1S/C17H33NO2/c1-4-5-6-7-8-9-15(19)18-14-17(20)12-10-16(2,3)11-13-17/h20H,4-14H2,1-3H3,(H,18,19). The van der Waals surface area contributed by atoms with E-state index in [9.17, 15) is 9.90 Å². The molecule has 0 bridgehead atoms. The van der Waals surface area contributed by atoms with Gasteiger partial charge in [0.2, 0.25) is 5.91 Å². The monoisotopic (exact) mass is 283 g/mol. The summed E-state index contributed by atoms with van der Waals surface area (Å²) in [5.41, 5.74) is -0.330. The number of nitrogens with one attached hydrogen (secondary N) is 1. The van der Waals surface area contributed by atoms with Crippen LogP contribution in [0.4, 0.5) is 0 Å². The van der Waals surface area contributed by atoms with Crippen LogP contribution >= 0.6 is 0 Å². The van der Waals surface area contributed by atoms with Gasteiger partial charge in [-0.2, -0.15) is 0 Å². The predicted octanol–water partition coefficient (Wildman–Crippen LogP) is 3.79. The third-order valence-corrected chi connectivity index (χ3v) is 4.66. The van der Waals surface area contributed by atoms with Gasteiger partial charge in [-0.3, -0.25) is 4.79 Å². The Hall–Kier alpha value is -0.570. The number of rotatable bonds is 8. The third kappa shape index (κ3) is 6.74. The molecule has 0 aromatic heterocycles. The molecule has 0 heterocycles. The molecule has 1 rings (SSSR count). The normalized spacial score (nSPS) is 20.6. The van der Waals surface area contributed by atoms with Crippen LogP contribution < -0.4 is 5.32 Å². The van der Waals surface area contributed by atoms with Gasteiger partial charge in [0.05, 0.1) is 5.60 Å². The molecule has 1 fully saturated rings. The molecule has 0 aromatic rings. The Morgan fingerprint density at radius 1 is 1.05 bits per heavy atom. The first kappa shape index (κ1) is 17.5. The lowest BCUT2D eigenvalue weighted by atomic mass is 9.71. The van der Waals surface area contributed by atoms with Gasteiger partial charge in [0.25, 0.3) is 0 Å². The van der Waals surface area contributed by atoms with Crippen molar-refractivity contribution in [3.8, 4) is 0 Å². The molecule has 0 unspecified atom stereocenters. The highest BCUT2D eigenvalue weighted by molar-refractivity contribution is 5.75. The molecule has 1 amide bonds. The average molecular weight is 283 g/mol. The summed E-state index contributed by atoms with van der Waals surface area (Å²) in [6.07, 6.45) is 10.1. The molecule has 0 spiro atoms. The Kier molecular flexibility index (Phi) is 7.01. The van der Waals surface area contributed by atoms with Crippen LogP contribution in [0.2, 0.25) is 0 Å². The Bertz CT molecular complexity index is 289. The maximum atomic E-state index is 11.8. The van der Waals surface area contributed by atoms with Crippen molar-refractivity contribution in [2.45, 2.75) is 90.6 Å². The third-order valence-electron chi connectivity index (χ3n) is 4.66. The van der Waals surface area contributed by atoms with Gasteiger partial charge in [-0.25, -0.2) is 0 Å². The first-order chi connectivity index (χ1) is 9.37. The zero-order valence-corrected chi connectivity index (χ0v) is 13.6. The molecule has 0 radical (unpaired) electrons. The summed E-state index contributed by atoms with van der Waals surface area (Å²) in [5, 5.41) is 13.4. The van der Waals surface area contributed by atoms with Crippen molar-refractivity contribution in [3.63, 3.8) is 0 Å². The summed E-state index contributed by atoms with van der Waals surface area (Å²) < 4.78 is 0. The first-order valence-corrected chi connectivity index (χ1v) is 8.36. The SMILES string of the molecule is CCCCCCCC(=O)NCC1(O)CCC(C)(C)CC1. The molecule has 1 saturated carbocycles. The molecule has 0 atom stereocenters. The molecular weight excluding hydrogens is 250 g/mol. The predicted molar refractivity (Wildman–Crippen MR) is 83.6 cm³/mol. The minimum absolute atomic E-state index is 0.0970. The number of hydrogen-bond acceptors (Lipinski definition) is 2. The van der Waals surface area contributed by atoms with E-state index >= 15 is 0 Å². The largest absolute Gasteiger partial charge is 0.388 e. The Labute approximate surface area is 124 Å². The summed E-state index contributed by atoms with van der Waals surface area (Å²) in [6.45, 7) is 7.12. The highest BCUT2D eigenvalue weighted by atomic mass is 16.3. The van der Waals surface area contributed by atoms with Gasteiger partial charge in [-0.05, 0) is 37.5 Å². The fourth-order valence-corrected chi connectivity index (χ4v) is 2.81. The molecule has 1 aliphatic carbocycles. The smallest absolute Gasteiger partial charge is 0.220 e. The lowest BCUT2D eigenvalue weighted by Crippen LogP contribution is -2.46. The number of carbonyl (C=O) groups is 1. The molecule has 0 aliphatic heterocycles. The minimum Gasteiger partial charge on any atom is -0.388 e. The van der Waals surface area contributed by atoms with Crippen molar-refractivity contribution in [1.29, 1.82) is 0 Å². The lowest BCUT2D eigenvalue weighted by Gasteiger charge is -2.40. The molecular formula is C17H33NO2. The molecule has 1 aliphatic rings. The van der Waals surface area contributed by atoms with Crippen molar-refractivity contribution in [3.05, 3.63) is 0 Å². The summed E-state index contributed by atoms with van der Waals surface area (Å²) in [7, 11) is 0. The van der Waals surface area contributed by atoms with Crippen LogP contribution in [0, 0.1) is 5.41 Å². The molecule has 20 heavy (non-hydrogen) atoms. The fraction of sp³-hybridized carbons (Fsp3) is 0.941. The van der Waals surface area contributed by atoms with Crippen LogP contribution in [0.3, 0.4) is 0 Å². The van der Waals surface area contributed by atoms with E-state index in [0.717, 1.165) is 38.5 Å². The average Bonchev–Trinajstić information content (AvgIpc) is 2.40. The van der Waals surface area contributed by atoms with E-state index in [1.54, 1.807) is 0 Å². The van der Waals surface area contributed by atoms with E-state index in [-0.39, 0.29) is 5.91 Å². The van der Waals surface area contributed by atoms with Crippen LogP contribution in [0.25, 0.3) is 0 Å². The van der Waals surface area contributed by atoms with E-state index in [4.69, 9.17) is 0 Å². The number of amides is 1. The Morgan fingerprint density at radius 2 is 1.65 bits per heavy atom. The second kappa shape index (κ2) is 8.02. The fourth-order valence-electron chi connectivity index (χ4n) is 2.81.